The van der Waals surface area contributed by atoms with Crippen LogP contribution in [0, 0.1) is 24.7 Å². The largest absolute Gasteiger partial charge is 0.326 e. The smallest absolute Gasteiger partial charge is 0.261 e. The molecule has 1 amide bonds. The van der Waals surface area contributed by atoms with Crippen molar-refractivity contribution in [2.24, 2.45) is 17.8 Å². The lowest BCUT2D eigenvalue weighted by molar-refractivity contribution is -0.121. The van der Waals surface area contributed by atoms with E-state index in [2.05, 4.69) is 10.0 Å². The van der Waals surface area contributed by atoms with Crippen molar-refractivity contribution in [2.45, 2.75) is 37.5 Å². The van der Waals surface area contributed by atoms with E-state index in [0.717, 1.165) is 17.9 Å². The molecule has 2 bridgehead atoms. The Kier molecular flexibility index (Phi) is 4.68. The maximum absolute atomic E-state index is 12.5. The Bertz CT molecular complexity index is 936. The maximum atomic E-state index is 12.5. The molecule has 6 heteroatoms. The van der Waals surface area contributed by atoms with Crippen LogP contribution in [-0.4, -0.2) is 14.3 Å². The molecule has 5 nitrogen and oxygen atoms in total. The molecule has 2 N–H and O–H groups in total. The maximum Gasteiger partial charge on any atom is 0.261 e. The average Bonchev–Trinajstić information content (AvgIpc) is 3.27. The van der Waals surface area contributed by atoms with Gasteiger partial charge in [-0.3, -0.25) is 9.52 Å². The summed E-state index contributed by atoms with van der Waals surface area (Å²) in [6.45, 7) is 1.91. The second kappa shape index (κ2) is 7.00. The number of nitrogens with one attached hydrogen (secondary N) is 2. The van der Waals surface area contributed by atoms with Crippen molar-refractivity contribution in [1.29, 1.82) is 0 Å². The second-order valence-corrected chi connectivity index (χ2v) is 9.45. The molecule has 27 heavy (non-hydrogen) atoms. The van der Waals surface area contributed by atoms with E-state index in [-0.39, 0.29) is 16.7 Å². The fourth-order valence-corrected chi connectivity index (χ4v) is 5.41. The van der Waals surface area contributed by atoms with Crippen molar-refractivity contribution >= 4 is 27.3 Å². The highest BCUT2D eigenvalue weighted by Gasteiger charge is 2.42. The molecule has 2 aromatic rings. The molecule has 3 atom stereocenters. The third kappa shape index (κ3) is 3.86. The molecule has 2 aliphatic rings. The van der Waals surface area contributed by atoms with Crippen molar-refractivity contribution in [1.82, 2.24) is 0 Å². The molecule has 0 aromatic heterocycles. The number of amides is 1. The summed E-state index contributed by atoms with van der Waals surface area (Å²) < 4.78 is 27.5. The van der Waals surface area contributed by atoms with E-state index in [1.54, 1.807) is 48.5 Å². The Balaban J connectivity index is 1.40. The van der Waals surface area contributed by atoms with Crippen molar-refractivity contribution < 1.29 is 13.2 Å². The highest BCUT2D eigenvalue weighted by Crippen LogP contribution is 2.48. The Morgan fingerprint density at radius 3 is 2.19 bits per heavy atom. The van der Waals surface area contributed by atoms with E-state index < -0.39 is 10.0 Å². The summed E-state index contributed by atoms with van der Waals surface area (Å²) in [5, 5.41) is 2.98. The molecule has 142 valence electrons. The first-order valence-corrected chi connectivity index (χ1v) is 10.9. The minimum absolute atomic E-state index is 0.0928. The lowest BCUT2D eigenvalue weighted by Gasteiger charge is -2.20. The van der Waals surface area contributed by atoms with Gasteiger partial charge in [0.1, 0.15) is 0 Å². The van der Waals surface area contributed by atoms with Gasteiger partial charge in [0.05, 0.1) is 4.90 Å². The predicted molar refractivity (Wildman–Crippen MR) is 106 cm³/mol. The van der Waals surface area contributed by atoms with E-state index in [9.17, 15) is 13.2 Å². The molecule has 2 aromatic carbocycles. The predicted octanol–water partition coefficient (Wildman–Crippen LogP) is 4.17. The number of carbonyl (C=O) groups excluding carboxylic acids is 1. The third-order valence-electron chi connectivity index (χ3n) is 5.81. The van der Waals surface area contributed by atoms with Crippen LogP contribution in [0.2, 0.25) is 0 Å². The van der Waals surface area contributed by atoms with E-state index in [4.69, 9.17) is 0 Å². The van der Waals surface area contributed by atoms with Crippen LogP contribution in [0.4, 0.5) is 11.4 Å². The molecule has 2 aliphatic carbocycles. The molecule has 2 saturated carbocycles. The normalized spacial score (nSPS) is 24.0. The lowest BCUT2D eigenvalue weighted by Crippen LogP contribution is -2.27. The number of hydrogen-bond donors (Lipinski definition) is 2. The Morgan fingerprint density at radius 1 is 0.926 bits per heavy atom. The molecule has 3 unspecified atom stereocenters. The van der Waals surface area contributed by atoms with Crippen molar-refractivity contribution in [3.05, 3.63) is 54.1 Å². The van der Waals surface area contributed by atoms with Crippen LogP contribution in [0.5, 0.6) is 0 Å². The van der Waals surface area contributed by atoms with Gasteiger partial charge < -0.3 is 5.32 Å². The molecule has 0 spiro atoms. The van der Waals surface area contributed by atoms with Crippen molar-refractivity contribution in [3.63, 3.8) is 0 Å². The quantitative estimate of drug-likeness (QED) is 0.812. The van der Waals surface area contributed by atoms with Gasteiger partial charge in [-0.1, -0.05) is 24.1 Å². The van der Waals surface area contributed by atoms with Crippen LogP contribution < -0.4 is 10.0 Å². The van der Waals surface area contributed by atoms with Gasteiger partial charge in [-0.15, -0.1) is 0 Å². The van der Waals surface area contributed by atoms with Gasteiger partial charge in [-0.05, 0) is 74.4 Å². The summed E-state index contributed by atoms with van der Waals surface area (Å²) in [7, 11) is -3.62. The summed E-state index contributed by atoms with van der Waals surface area (Å²) in [6, 6.07) is 13.5. The molecule has 4 rings (SSSR count). The number of benzene rings is 2. The van der Waals surface area contributed by atoms with Crippen LogP contribution in [0.15, 0.2) is 53.4 Å². The highest BCUT2D eigenvalue weighted by atomic mass is 32.2. The number of sulfonamides is 1. The van der Waals surface area contributed by atoms with Gasteiger partial charge in [0.25, 0.3) is 10.0 Å². The van der Waals surface area contributed by atoms with Crippen LogP contribution in [0.1, 0.15) is 31.2 Å². The Morgan fingerprint density at radius 2 is 1.59 bits per heavy atom. The fourth-order valence-electron chi connectivity index (χ4n) is 4.35. The first-order valence-electron chi connectivity index (χ1n) is 9.41. The molecular formula is C21H24N2O3S. The number of aryl methyl sites for hydroxylation is 1. The third-order valence-corrected chi connectivity index (χ3v) is 7.21. The zero-order valence-electron chi connectivity index (χ0n) is 15.3. The number of carbonyl (C=O) groups is 1. The monoisotopic (exact) mass is 384 g/mol. The fraction of sp³-hybridized carbons (Fsp3) is 0.381. The first-order chi connectivity index (χ1) is 12.9. The molecule has 2 fully saturated rings. The topological polar surface area (TPSA) is 75.3 Å². The van der Waals surface area contributed by atoms with Crippen LogP contribution >= 0.6 is 0 Å². The van der Waals surface area contributed by atoms with Crippen LogP contribution in [0.3, 0.4) is 0 Å². The number of rotatable bonds is 5. The standard InChI is InChI=1S/C21H24N2O3S/c1-14-2-10-19(11-3-14)27(25,26)23-18-8-6-17(7-9-18)22-21(24)20-13-15-4-5-16(20)12-15/h2-3,6-11,15-16,20,23H,4-5,12-13H2,1H3,(H,22,24). The molecule has 0 aliphatic heterocycles. The second-order valence-electron chi connectivity index (χ2n) is 7.77. The summed E-state index contributed by atoms with van der Waals surface area (Å²) in [4.78, 5) is 12.7. The van der Waals surface area contributed by atoms with Gasteiger partial charge in [0.15, 0.2) is 0 Å². The highest BCUT2D eigenvalue weighted by molar-refractivity contribution is 7.92. The SMILES string of the molecule is Cc1ccc(S(=O)(=O)Nc2ccc(NC(=O)C3CC4CCC3C4)cc2)cc1. The summed E-state index contributed by atoms with van der Waals surface area (Å²) in [5.41, 5.74) is 2.17. The summed E-state index contributed by atoms with van der Waals surface area (Å²) >= 11 is 0. The van der Waals surface area contributed by atoms with Gasteiger partial charge in [0.2, 0.25) is 5.91 Å². The van der Waals surface area contributed by atoms with Crippen LogP contribution in [-0.2, 0) is 14.8 Å². The molecule has 0 saturated heterocycles. The van der Waals surface area contributed by atoms with Gasteiger partial charge in [-0.25, -0.2) is 8.42 Å². The van der Waals surface area contributed by atoms with Gasteiger partial charge in [-0.2, -0.15) is 0 Å². The van der Waals surface area contributed by atoms with E-state index in [0.29, 0.717) is 17.3 Å². The zero-order valence-corrected chi connectivity index (χ0v) is 16.1. The Labute approximate surface area is 160 Å². The molecule has 0 radical (unpaired) electrons. The summed E-state index contributed by atoms with van der Waals surface area (Å²) in [5.74, 6) is 1.48. The van der Waals surface area contributed by atoms with Crippen molar-refractivity contribution in [2.75, 3.05) is 10.0 Å². The number of anilines is 2. The van der Waals surface area contributed by atoms with E-state index in [1.165, 1.54) is 19.3 Å². The molecule has 0 heterocycles. The van der Waals surface area contributed by atoms with E-state index in [1.807, 2.05) is 6.92 Å². The van der Waals surface area contributed by atoms with E-state index >= 15 is 0 Å². The molecular weight excluding hydrogens is 360 g/mol. The minimum Gasteiger partial charge on any atom is -0.326 e. The van der Waals surface area contributed by atoms with Gasteiger partial charge >= 0.3 is 0 Å². The average molecular weight is 385 g/mol. The lowest BCUT2D eigenvalue weighted by atomic mass is 9.88. The number of fused-ring (bicyclic) bond motifs is 2. The minimum atomic E-state index is -3.62. The zero-order chi connectivity index (χ0) is 19.0. The van der Waals surface area contributed by atoms with Crippen molar-refractivity contribution in [3.8, 4) is 0 Å². The van der Waals surface area contributed by atoms with Gasteiger partial charge in [0, 0.05) is 17.3 Å². The van der Waals surface area contributed by atoms with Crippen LogP contribution in [0.25, 0.3) is 0 Å². The summed E-state index contributed by atoms with van der Waals surface area (Å²) in [6.07, 6.45) is 4.63. The Hall–Kier alpha value is -2.34. The first kappa shape index (κ1) is 18.0. The number of hydrogen-bond acceptors (Lipinski definition) is 3.